The van der Waals surface area contributed by atoms with Crippen molar-refractivity contribution in [2.45, 2.75) is 25.7 Å². The third kappa shape index (κ3) is 3.89. The summed E-state index contributed by atoms with van der Waals surface area (Å²) in [7, 11) is 0. The van der Waals surface area contributed by atoms with E-state index in [1.54, 1.807) is 0 Å². The van der Waals surface area contributed by atoms with Gasteiger partial charge in [-0.3, -0.25) is 9.59 Å². The number of fused-ring (bicyclic) bond motifs is 1. The molecular weight excluding hydrogens is 406 g/mol. The van der Waals surface area contributed by atoms with Crippen LogP contribution in [0.4, 0.5) is 18.9 Å². The van der Waals surface area contributed by atoms with E-state index in [4.69, 9.17) is 27.9 Å². The Balaban J connectivity index is 2.07. The summed E-state index contributed by atoms with van der Waals surface area (Å²) in [5.41, 5.74) is -0.409. The van der Waals surface area contributed by atoms with Gasteiger partial charge in [0.25, 0.3) is 11.1 Å². The average Bonchev–Trinajstić information content (AvgIpc) is 2.58. The summed E-state index contributed by atoms with van der Waals surface area (Å²) in [6.45, 7) is 1.32. The Hall–Kier alpha value is -2.25. The molecule has 9 heteroatoms. The smallest absolute Gasteiger partial charge is 0.416 e. The standard InChI is InChI=1S/C18H12Cl2F3NO3/c1-9-17(26)24(8-10-3-2-4-11(5-10)18(21,22)23)14-7-12(19)6-13(16(20)25)15(14)27-9/h2-7,9H,8H2,1H3. The number of hydrogen-bond donors (Lipinski definition) is 0. The predicted molar refractivity (Wildman–Crippen MR) is 94.4 cm³/mol. The van der Waals surface area contributed by atoms with E-state index in [9.17, 15) is 22.8 Å². The second-order valence-corrected chi connectivity index (χ2v) is 6.74. The van der Waals surface area contributed by atoms with Crippen molar-refractivity contribution in [3.63, 3.8) is 0 Å². The van der Waals surface area contributed by atoms with Gasteiger partial charge in [0.1, 0.15) is 0 Å². The minimum atomic E-state index is -4.50. The molecule has 4 nitrogen and oxygen atoms in total. The van der Waals surface area contributed by atoms with E-state index in [1.807, 2.05) is 0 Å². The molecule has 142 valence electrons. The van der Waals surface area contributed by atoms with Gasteiger partial charge in [-0.05, 0) is 48.4 Å². The van der Waals surface area contributed by atoms with Crippen LogP contribution in [0.5, 0.6) is 5.75 Å². The highest BCUT2D eigenvalue weighted by molar-refractivity contribution is 6.68. The zero-order valence-electron chi connectivity index (χ0n) is 13.8. The fourth-order valence-electron chi connectivity index (χ4n) is 2.81. The maximum Gasteiger partial charge on any atom is 0.416 e. The Bertz CT molecular complexity index is 931. The van der Waals surface area contributed by atoms with Crippen LogP contribution in [0.15, 0.2) is 36.4 Å². The summed E-state index contributed by atoms with van der Waals surface area (Å²) in [6, 6.07) is 7.35. The van der Waals surface area contributed by atoms with Crippen molar-refractivity contribution in [1.82, 2.24) is 0 Å². The second kappa shape index (κ2) is 7.05. The minimum Gasteiger partial charge on any atom is -0.478 e. The Morgan fingerprint density at radius 2 is 1.96 bits per heavy atom. The van der Waals surface area contributed by atoms with Gasteiger partial charge < -0.3 is 9.64 Å². The molecule has 0 bridgehead atoms. The highest BCUT2D eigenvalue weighted by atomic mass is 35.5. The third-order valence-electron chi connectivity index (χ3n) is 4.04. The van der Waals surface area contributed by atoms with Crippen LogP contribution in [-0.2, 0) is 17.5 Å². The van der Waals surface area contributed by atoms with Gasteiger partial charge in [-0.25, -0.2) is 0 Å². The molecule has 0 fully saturated rings. The number of amides is 1. The van der Waals surface area contributed by atoms with Crippen molar-refractivity contribution in [3.05, 3.63) is 58.1 Å². The lowest BCUT2D eigenvalue weighted by Crippen LogP contribution is -2.44. The largest absolute Gasteiger partial charge is 0.478 e. The van der Waals surface area contributed by atoms with Gasteiger partial charge in [-0.15, -0.1) is 0 Å². The fourth-order valence-corrected chi connectivity index (χ4v) is 3.16. The molecule has 0 saturated carbocycles. The van der Waals surface area contributed by atoms with Gasteiger partial charge in [0.2, 0.25) is 0 Å². The Labute approximate surface area is 162 Å². The monoisotopic (exact) mass is 417 g/mol. The zero-order chi connectivity index (χ0) is 19.9. The molecular formula is C18H12Cl2F3NO3. The lowest BCUT2D eigenvalue weighted by atomic mass is 10.1. The van der Waals surface area contributed by atoms with E-state index in [0.29, 0.717) is 0 Å². The molecule has 1 atom stereocenters. The van der Waals surface area contributed by atoms with Crippen molar-refractivity contribution in [3.8, 4) is 5.75 Å². The first-order chi connectivity index (χ1) is 12.6. The minimum absolute atomic E-state index is 0.0208. The summed E-state index contributed by atoms with van der Waals surface area (Å²) in [6.07, 6.45) is -5.45. The summed E-state index contributed by atoms with van der Waals surface area (Å²) >= 11 is 11.6. The molecule has 1 aliphatic heterocycles. The van der Waals surface area contributed by atoms with Crippen LogP contribution in [0.3, 0.4) is 0 Å². The van der Waals surface area contributed by atoms with Gasteiger partial charge in [-0.2, -0.15) is 13.2 Å². The van der Waals surface area contributed by atoms with Gasteiger partial charge in [0, 0.05) is 5.02 Å². The molecule has 2 aromatic rings. The Kier molecular flexibility index (Phi) is 5.10. The van der Waals surface area contributed by atoms with E-state index in [-0.39, 0.29) is 34.1 Å². The van der Waals surface area contributed by atoms with Crippen LogP contribution in [0.25, 0.3) is 0 Å². The fraction of sp³-hybridized carbons (Fsp3) is 0.222. The van der Waals surface area contributed by atoms with E-state index in [2.05, 4.69) is 0 Å². The summed E-state index contributed by atoms with van der Waals surface area (Å²) in [5.74, 6) is -0.409. The van der Waals surface area contributed by atoms with Gasteiger partial charge in [0.05, 0.1) is 23.4 Å². The number of carbonyl (C=O) groups excluding carboxylic acids is 2. The molecule has 2 aromatic carbocycles. The maximum atomic E-state index is 12.9. The number of anilines is 1. The van der Waals surface area contributed by atoms with Crippen LogP contribution >= 0.6 is 23.2 Å². The average molecular weight is 418 g/mol. The van der Waals surface area contributed by atoms with Gasteiger partial charge >= 0.3 is 6.18 Å². The number of halogens is 5. The molecule has 0 aliphatic carbocycles. The molecule has 3 rings (SSSR count). The molecule has 1 unspecified atom stereocenters. The van der Waals surface area contributed by atoms with Crippen LogP contribution in [0, 0.1) is 0 Å². The molecule has 0 aromatic heterocycles. The lowest BCUT2D eigenvalue weighted by Gasteiger charge is -2.34. The lowest BCUT2D eigenvalue weighted by molar-refractivity contribution is -0.137. The van der Waals surface area contributed by atoms with Crippen LogP contribution in [0.2, 0.25) is 5.02 Å². The zero-order valence-corrected chi connectivity index (χ0v) is 15.3. The highest BCUT2D eigenvalue weighted by Gasteiger charge is 2.35. The number of ether oxygens (including phenoxy) is 1. The Morgan fingerprint density at radius 3 is 2.59 bits per heavy atom. The van der Waals surface area contributed by atoms with Crippen molar-refractivity contribution >= 4 is 40.0 Å². The first-order valence-electron chi connectivity index (χ1n) is 7.75. The van der Waals surface area contributed by atoms with E-state index >= 15 is 0 Å². The molecule has 1 amide bonds. The van der Waals surface area contributed by atoms with Crippen molar-refractivity contribution < 1.29 is 27.5 Å². The maximum absolute atomic E-state index is 12.9. The van der Waals surface area contributed by atoms with Gasteiger partial charge in [0.15, 0.2) is 11.9 Å². The SMILES string of the molecule is CC1Oc2c(C(=O)Cl)cc(Cl)cc2N(Cc2cccc(C(F)(F)F)c2)C1=O. The van der Waals surface area contributed by atoms with E-state index < -0.39 is 29.0 Å². The first-order valence-corrected chi connectivity index (χ1v) is 8.51. The summed E-state index contributed by atoms with van der Waals surface area (Å²) < 4.78 is 44.3. The molecule has 0 N–H and O–H groups in total. The van der Waals surface area contributed by atoms with Crippen molar-refractivity contribution in [2.75, 3.05) is 4.90 Å². The molecule has 0 spiro atoms. The molecule has 0 radical (unpaired) electrons. The van der Waals surface area contributed by atoms with Crippen molar-refractivity contribution in [2.24, 2.45) is 0 Å². The first kappa shape index (κ1) is 19.5. The van der Waals surface area contributed by atoms with E-state index in [0.717, 1.165) is 12.1 Å². The molecule has 0 saturated heterocycles. The number of hydrogen-bond acceptors (Lipinski definition) is 3. The van der Waals surface area contributed by atoms with Crippen LogP contribution < -0.4 is 9.64 Å². The van der Waals surface area contributed by atoms with E-state index in [1.165, 1.54) is 36.1 Å². The van der Waals surface area contributed by atoms with Crippen LogP contribution in [0.1, 0.15) is 28.4 Å². The molecule has 27 heavy (non-hydrogen) atoms. The number of alkyl halides is 3. The third-order valence-corrected chi connectivity index (χ3v) is 4.46. The topological polar surface area (TPSA) is 46.6 Å². The summed E-state index contributed by atoms with van der Waals surface area (Å²) in [4.78, 5) is 25.5. The highest BCUT2D eigenvalue weighted by Crippen LogP contribution is 2.41. The van der Waals surface area contributed by atoms with Gasteiger partial charge in [-0.1, -0.05) is 23.7 Å². The number of benzene rings is 2. The Morgan fingerprint density at radius 1 is 1.26 bits per heavy atom. The van der Waals surface area contributed by atoms with Crippen molar-refractivity contribution in [1.29, 1.82) is 0 Å². The number of carbonyl (C=O) groups is 2. The molecule has 1 heterocycles. The summed E-state index contributed by atoms with van der Waals surface area (Å²) in [5, 5.41) is -0.688. The number of nitrogens with zero attached hydrogens (tertiary/aromatic N) is 1. The number of rotatable bonds is 3. The quantitative estimate of drug-likeness (QED) is 0.656. The predicted octanol–water partition coefficient (Wildman–Crippen LogP) is 5.05. The van der Waals surface area contributed by atoms with Crippen LogP contribution in [-0.4, -0.2) is 17.3 Å². The molecule has 1 aliphatic rings. The normalized spacial score (nSPS) is 16.7. The second-order valence-electron chi connectivity index (χ2n) is 5.96.